The van der Waals surface area contributed by atoms with Gasteiger partial charge in [0.2, 0.25) is 0 Å². The van der Waals surface area contributed by atoms with Gasteiger partial charge in [0.05, 0.1) is 5.75 Å². The SMILES string of the molecule is O=[SH](=O)CCCC1CCC1CC1CCCC1CCCS(=O)(=O)O. The van der Waals surface area contributed by atoms with Crippen molar-refractivity contribution >= 4 is 20.8 Å². The molecule has 0 aliphatic heterocycles. The fraction of sp³-hybridized carbons (Fsp3) is 1.00. The lowest BCUT2D eigenvalue weighted by Gasteiger charge is -2.39. The first-order valence-electron chi connectivity index (χ1n) is 8.92. The highest BCUT2D eigenvalue weighted by Crippen LogP contribution is 2.47. The molecule has 0 heterocycles. The molecule has 4 unspecified atom stereocenters. The van der Waals surface area contributed by atoms with E-state index in [0.29, 0.717) is 29.9 Å². The summed E-state index contributed by atoms with van der Waals surface area (Å²) in [6.45, 7) is 0. The Hall–Kier alpha value is -0.140. The summed E-state index contributed by atoms with van der Waals surface area (Å²) in [5.41, 5.74) is 0. The molecule has 136 valence electrons. The van der Waals surface area contributed by atoms with Crippen LogP contribution in [0.5, 0.6) is 0 Å². The van der Waals surface area contributed by atoms with Gasteiger partial charge in [0.25, 0.3) is 10.1 Å². The normalized spacial score (nSPS) is 31.4. The maximum Gasteiger partial charge on any atom is 0.264 e. The predicted molar refractivity (Wildman–Crippen MR) is 91.7 cm³/mol. The highest BCUT2D eigenvalue weighted by molar-refractivity contribution is 7.85. The second-order valence-electron chi connectivity index (χ2n) is 7.41. The van der Waals surface area contributed by atoms with Crippen LogP contribution in [0.4, 0.5) is 0 Å². The zero-order valence-corrected chi connectivity index (χ0v) is 15.4. The van der Waals surface area contributed by atoms with E-state index in [9.17, 15) is 16.8 Å². The molecule has 0 bridgehead atoms. The lowest BCUT2D eigenvalue weighted by atomic mass is 9.66. The van der Waals surface area contributed by atoms with E-state index in [0.717, 1.165) is 25.2 Å². The maximum absolute atomic E-state index is 10.8. The minimum atomic E-state index is -3.83. The van der Waals surface area contributed by atoms with Gasteiger partial charge in [-0.2, -0.15) is 8.42 Å². The van der Waals surface area contributed by atoms with Crippen molar-refractivity contribution in [1.82, 2.24) is 0 Å². The Bertz CT molecular complexity index is 533. The summed E-state index contributed by atoms with van der Waals surface area (Å²) in [6.07, 6.45) is 10.7. The Balaban J connectivity index is 1.71. The molecule has 23 heavy (non-hydrogen) atoms. The standard InChI is InChI=1S/C16H30O5S2/c17-22(18)10-2-6-14-8-9-16(14)12-15-5-1-4-13(15)7-3-11-23(19,20)21/h13-16,22H,1-12H2,(H,19,20,21). The van der Waals surface area contributed by atoms with E-state index in [4.69, 9.17) is 4.55 Å². The second kappa shape index (κ2) is 8.81. The van der Waals surface area contributed by atoms with Crippen molar-refractivity contribution in [3.05, 3.63) is 0 Å². The van der Waals surface area contributed by atoms with Crippen molar-refractivity contribution < 1.29 is 21.4 Å². The molecule has 0 aromatic rings. The van der Waals surface area contributed by atoms with Crippen molar-refractivity contribution in [1.29, 1.82) is 0 Å². The predicted octanol–water partition coefficient (Wildman–Crippen LogP) is 2.88. The summed E-state index contributed by atoms with van der Waals surface area (Å²) in [5.74, 6) is 2.95. The quantitative estimate of drug-likeness (QED) is 0.458. The molecule has 0 amide bonds. The average molecular weight is 367 g/mol. The zero-order chi connectivity index (χ0) is 16.9. The lowest BCUT2D eigenvalue weighted by Crippen LogP contribution is -2.29. The average Bonchev–Trinajstić information content (AvgIpc) is 2.85. The number of rotatable bonds is 10. The van der Waals surface area contributed by atoms with Crippen molar-refractivity contribution in [3.63, 3.8) is 0 Å². The fourth-order valence-electron chi connectivity index (χ4n) is 4.53. The minimum absolute atomic E-state index is 0.115. The second-order valence-corrected chi connectivity index (χ2v) is 10.1. The van der Waals surface area contributed by atoms with Crippen LogP contribution in [0.3, 0.4) is 0 Å². The molecule has 2 fully saturated rings. The van der Waals surface area contributed by atoms with E-state index in [1.807, 2.05) is 0 Å². The first kappa shape index (κ1) is 19.2. The van der Waals surface area contributed by atoms with Crippen LogP contribution in [0.15, 0.2) is 0 Å². The van der Waals surface area contributed by atoms with Crippen LogP contribution < -0.4 is 0 Å². The van der Waals surface area contributed by atoms with Crippen LogP contribution >= 0.6 is 0 Å². The highest BCUT2D eigenvalue weighted by atomic mass is 32.2. The highest BCUT2D eigenvalue weighted by Gasteiger charge is 2.36. The third kappa shape index (κ3) is 6.70. The monoisotopic (exact) mass is 366 g/mol. The molecule has 7 heteroatoms. The molecule has 4 atom stereocenters. The van der Waals surface area contributed by atoms with Crippen LogP contribution in [0.1, 0.15) is 64.2 Å². The Kier molecular flexibility index (Phi) is 7.35. The van der Waals surface area contributed by atoms with Gasteiger partial charge in [-0.3, -0.25) is 4.55 Å². The molecule has 2 rings (SSSR count). The molecule has 0 aromatic heterocycles. The van der Waals surface area contributed by atoms with Crippen molar-refractivity contribution in [3.8, 4) is 0 Å². The third-order valence-corrected chi connectivity index (χ3v) is 7.38. The summed E-state index contributed by atoms with van der Waals surface area (Å²) in [6, 6.07) is 0. The zero-order valence-electron chi connectivity index (χ0n) is 13.7. The van der Waals surface area contributed by atoms with Gasteiger partial charge in [0, 0.05) is 5.75 Å². The maximum atomic E-state index is 10.8. The number of hydrogen-bond donors (Lipinski definition) is 2. The van der Waals surface area contributed by atoms with Gasteiger partial charge in [-0.1, -0.05) is 19.3 Å². The molecular formula is C16H30O5S2. The fourth-order valence-corrected chi connectivity index (χ4v) is 5.50. The molecule has 0 spiro atoms. The van der Waals surface area contributed by atoms with Gasteiger partial charge in [-0.05, 0) is 68.6 Å². The van der Waals surface area contributed by atoms with Crippen LogP contribution in [0.25, 0.3) is 0 Å². The molecule has 5 nitrogen and oxygen atoms in total. The van der Waals surface area contributed by atoms with Gasteiger partial charge in [0.15, 0.2) is 0 Å². The third-order valence-electron chi connectivity index (χ3n) is 5.89. The van der Waals surface area contributed by atoms with E-state index in [-0.39, 0.29) is 5.75 Å². The summed E-state index contributed by atoms with van der Waals surface area (Å²) in [4.78, 5) is 0. The smallest absolute Gasteiger partial charge is 0.264 e. The van der Waals surface area contributed by atoms with Gasteiger partial charge in [-0.15, -0.1) is 0 Å². The first-order chi connectivity index (χ1) is 10.8. The van der Waals surface area contributed by atoms with E-state index < -0.39 is 20.8 Å². The summed E-state index contributed by atoms with van der Waals surface area (Å²) < 4.78 is 51.8. The molecule has 0 saturated heterocycles. The molecular weight excluding hydrogens is 336 g/mol. The Morgan fingerprint density at radius 3 is 2.04 bits per heavy atom. The van der Waals surface area contributed by atoms with Crippen LogP contribution in [-0.2, 0) is 20.8 Å². The van der Waals surface area contributed by atoms with E-state index in [2.05, 4.69) is 0 Å². The van der Waals surface area contributed by atoms with Crippen LogP contribution in [0, 0.1) is 23.7 Å². The Labute approximate surface area is 141 Å². The van der Waals surface area contributed by atoms with Crippen molar-refractivity contribution in [2.24, 2.45) is 23.7 Å². The summed E-state index contributed by atoms with van der Waals surface area (Å²) >= 11 is 0. The van der Waals surface area contributed by atoms with Crippen LogP contribution in [0.2, 0.25) is 0 Å². The van der Waals surface area contributed by atoms with Gasteiger partial charge < -0.3 is 0 Å². The Morgan fingerprint density at radius 1 is 0.870 bits per heavy atom. The minimum Gasteiger partial charge on any atom is -0.286 e. The van der Waals surface area contributed by atoms with E-state index >= 15 is 0 Å². The van der Waals surface area contributed by atoms with Gasteiger partial charge in [-0.25, -0.2) is 8.42 Å². The molecule has 2 aliphatic rings. The Morgan fingerprint density at radius 2 is 1.43 bits per heavy atom. The largest absolute Gasteiger partial charge is 0.286 e. The first-order valence-corrected chi connectivity index (χ1v) is 11.9. The summed E-state index contributed by atoms with van der Waals surface area (Å²) in [5, 5.41) is 0. The van der Waals surface area contributed by atoms with Crippen molar-refractivity contribution in [2.75, 3.05) is 11.5 Å². The molecule has 0 radical (unpaired) electrons. The van der Waals surface area contributed by atoms with Crippen molar-refractivity contribution in [2.45, 2.75) is 64.2 Å². The lowest BCUT2D eigenvalue weighted by molar-refractivity contribution is 0.118. The molecule has 2 aliphatic carbocycles. The molecule has 0 aromatic carbocycles. The van der Waals surface area contributed by atoms with E-state index in [1.165, 1.54) is 38.5 Å². The number of hydrogen-bond acceptors (Lipinski definition) is 4. The molecule has 2 saturated carbocycles. The van der Waals surface area contributed by atoms with Crippen LogP contribution in [-0.4, -0.2) is 32.9 Å². The van der Waals surface area contributed by atoms with E-state index in [1.54, 1.807) is 0 Å². The molecule has 1 N–H and O–H groups in total. The topological polar surface area (TPSA) is 88.5 Å². The van der Waals surface area contributed by atoms with Gasteiger partial charge >= 0.3 is 0 Å². The summed E-state index contributed by atoms with van der Waals surface area (Å²) in [7, 11) is -6.06. The number of thiol groups is 1. The van der Waals surface area contributed by atoms with Gasteiger partial charge in [0.1, 0.15) is 10.7 Å².